The summed E-state index contributed by atoms with van der Waals surface area (Å²) in [6.45, 7) is -2.06. The molecule has 10 atom stereocenters. The summed E-state index contributed by atoms with van der Waals surface area (Å²) >= 11 is 0. The number of carbonyl (C=O) groups excluding carboxylic acids is 1. The molecule has 1 amide bonds. The molecule has 24 nitrogen and oxygen atoms in total. The Morgan fingerprint density at radius 2 is 1.78 bits per heavy atom. The number of phosphoric ester groups is 3. The third kappa shape index (κ3) is 7.16. The van der Waals surface area contributed by atoms with Gasteiger partial charge in [0, 0.05) is 18.0 Å². The van der Waals surface area contributed by atoms with Crippen LogP contribution in [0.5, 0.6) is 0 Å². The van der Waals surface area contributed by atoms with E-state index in [2.05, 4.69) is 19.3 Å². The van der Waals surface area contributed by atoms with Crippen LogP contribution in [0.2, 0.25) is 0 Å². The number of imidazole rings is 1. The molecule has 0 radical (unpaired) electrons. The van der Waals surface area contributed by atoms with E-state index in [1.54, 1.807) is 0 Å². The van der Waals surface area contributed by atoms with E-state index in [9.17, 15) is 53.4 Å². The molecule has 4 aliphatic heterocycles. The highest BCUT2D eigenvalue weighted by molar-refractivity contribution is 8.80. The minimum absolute atomic E-state index is 0.00165. The highest BCUT2D eigenvalue weighted by Gasteiger charge is 2.76. The van der Waals surface area contributed by atoms with Gasteiger partial charge in [-0.25, -0.2) is 28.6 Å². The molecule has 0 spiro atoms. The number of rotatable bonds is 13. The number of nitrogen functional groups attached to an aromatic ring is 1. The van der Waals surface area contributed by atoms with E-state index in [4.69, 9.17) is 34.5 Å². The number of hydrogen-bond acceptors (Lipinski definition) is 20. The Hall–Kier alpha value is -2.03. The van der Waals surface area contributed by atoms with Gasteiger partial charge in [0.1, 0.15) is 36.8 Å². The van der Waals surface area contributed by atoms with Crippen molar-refractivity contribution in [2.75, 3.05) is 18.9 Å². The number of phosphoric acid groups is 3. The van der Waals surface area contributed by atoms with E-state index in [1.165, 1.54) is 23.4 Å². The number of carbonyl (C=O) groups is 1. The van der Waals surface area contributed by atoms with Crippen LogP contribution in [-0.4, -0.2) is 119 Å². The third-order valence-corrected chi connectivity index (χ3v) is 14.3. The summed E-state index contributed by atoms with van der Waals surface area (Å²) in [4.78, 5) is 59.9. The van der Waals surface area contributed by atoms with Crippen LogP contribution < -0.4 is 11.5 Å². The van der Waals surface area contributed by atoms with Crippen molar-refractivity contribution < 1.29 is 80.7 Å². The molecule has 50 heavy (non-hydrogen) atoms. The summed E-state index contributed by atoms with van der Waals surface area (Å²) in [5, 5.41) is 32.4. The minimum atomic E-state index is -5.58. The van der Waals surface area contributed by atoms with Crippen LogP contribution in [0.1, 0.15) is 12.6 Å². The van der Waals surface area contributed by atoms with Gasteiger partial charge in [-0.2, -0.15) is 4.31 Å². The van der Waals surface area contributed by atoms with E-state index in [0.29, 0.717) is 21.6 Å². The monoisotopic (exact) mass is 807 g/mol. The number of primary amides is 1. The van der Waals surface area contributed by atoms with E-state index < -0.39 is 89.3 Å². The largest absolute Gasteiger partial charge is 0.481 e. The number of allylic oxidation sites excluding steroid dienone is 1. The number of ether oxygens (including phenoxy) is 2. The van der Waals surface area contributed by atoms with Gasteiger partial charge >= 0.3 is 23.5 Å². The lowest BCUT2D eigenvalue weighted by atomic mass is 10.1. The Kier molecular flexibility index (Phi) is 10.1. The van der Waals surface area contributed by atoms with Crippen LogP contribution in [0.4, 0.5) is 5.82 Å². The summed E-state index contributed by atoms with van der Waals surface area (Å²) in [5.74, 6) is -0.793. The molecule has 3 fully saturated rings. The first-order chi connectivity index (χ1) is 23.2. The van der Waals surface area contributed by atoms with Crippen molar-refractivity contribution in [1.29, 1.82) is 0 Å². The smallest absolute Gasteiger partial charge is 0.387 e. The van der Waals surface area contributed by atoms with Gasteiger partial charge in [0.2, 0.25) is 5.91 Å². The molecule has 2 unspecified atom stereocenters. The minimum Gasteiger partial charge on any atom is -0.387 e. The summed E-state index contributed by atoms with van der Waals surface area (Å²) in [5.41, 5.74) is 11.3. The van der Waals surface area contributed by atoms with Gasteiger partial charge in [-0.05, 0) is 28.0 Å². The first-order valence-electron chi connectivity index (χ1n) is 13.8. The van der Waals surface area contributed by atoms with E-state index in [1.807, 2.05) is 0 Å². The number of amides is 1. The van der Waals surface area contributed by atoms with Gasteiger partial charge in [0.15, 0.2) is 39.9 Å². The summed E-state index contributed by atoms with van der Waals surface area (Å²) in [7, 11) is -15.1. The van der Waals surface area contributed by atoms with Crippen LogP contribution in [0, 0.1) is 0 Å². The zero-order valence-electron chi connectivity index (χ0n) is 24.7. The molecule has 0 aliphatic carbocycles. The highest BCUT2D eigenvalue weighted by atomic mass is 33.1. The van der Waals surface area contributed by atoms with Gasteiger partial charge in [0.05, 0.1) is 12.9 Å². The van der Waals surface area contributed by atoms with Gasteiger partial charge in [-0.15, -0.1) is 0 Å². The number of nitrogens with zero attached hydrogens (tertiary/aromatic N) is 5. The standard InChI is InChI=1S/C21H28N7O17P3S2/c22-15-11-17(25-7-24-15)28(8-26-11)19-14(44-46(33,34)35)21(32)20(43-19,49-50-21)6-41-48(38,39)45-47(36,37)40-5-10-12(29)13(30)18(42-10)27-3-1-2-9(4-27)16(23)31/h1,3-4,7-8,10,12-14,18-19,29-30,32H,2,5-6H2,(H2,23,31)(H,36,37)(H,38,39)(H2,22,24,25)(H2,33,34,35)/t10-,12-,13-,14-,18-,19-,20-,21-/m1/s1. The van der Waals surface area contributed by atoms with Crippen molar-refractivity contribution in [3.05, 3.63) is 36.7 Å². The molecule has 29 heteroatoms. The Bertz CT molecular complexity index is 1880. The normalized spacial score (nSPS) is 34.9. The van der Waals surface area contributed by atoms with Gasteiger partial charge < -0.3 is 60.7 Å². The lowest BCUT2D eigenvalue weighted by Crippen LogP contribution is -2.59. The summed E-state index contributed by atoms with van der Waals surface area (Å²) < 4.78 is 68.7. The van der Waals surface area contributed by atoms with Crippen LogP contribution in [0.25, 0.3) is 11.2 Å². The molecule has 0 aromatic carbocycles. The van der Waals surface area contributed by atoms with Crippen LogP contribution in [0.3, 0.4) is 0 Å². The topological polar surface area (TPSA) is 364 Å². The molecule has 0 saturated carbocycles. The Morgan fingerprint density at radius 1 is 1.06 bits per heavy atom. The van der Waals surface area contributed by atoms with E-state index >= 15 is 0 Å². The van der Waals surface area contributed by atoms with Crippen LogP contribution in [-0.2, 0) is 45.8 Å². The first kappa shape index (κ1) is 37.7. The summed E-state index contributed by atoms with van der Waals surface area (Å²) in [6.07, 6.45) is -2.95. The summed E-state index contributed by atoms with van der Waals surface area (Å²) in [6, 6.07) is 0. The number of hydrogen-bond donors (Lipinski definition) is 9. The average molecular weight is 808 g/mol. The van der Waals surface area contributed by atoms with Crippen molar-refractivity contribution >= 4 is 67.9 Å². The Morgan fingerprint density at radius 3 is 2.44 bits per heavy atom. The fourth-order valence-corrected chi connectivity index (χ4v) is 11.1. The molecule has 2 aromatic rings. The van der Waals surface area contributed by atoms with Crippen LogP contribution in [0.15, 0.2) is 36.7 Å². The third-order valence-electron chi connectivity index (χ3n) is 7.61. The van der Waals surface area contributed by atoms with Crippen molar-refractivity contribution in [2.24, 2.45) is 5.73 Å². The molecule has 4 aliphatic rings. The van der Waals surface area contributed by atoms with Crippen molar-refractivity contribution in [3.63, 3.8) is 0 Å². The fourth-order valence-electron chi connectivity index (χ4n) is 5.25. The van der Waals surface area contributed by atoms with Crippen molar-refractivity contribution in [1.82, 2.24) is 24.4 Å². The van der Waals surface area contributed by atoms with Gasteiger partial charge in [-0.3, -0.25) is 22.9 Å². The van der Waals surface area contributed by atoms with E-state index in [-0.39, 0.29) is 29.0 Å². The molecule has 2 aromatic heterocycles. The van der Waals surface area contributed by atoms with E-state index in [0.717, 1.165) is 17.2 Å². The number of anilines is 1. The molecule has 6 rings (SSSR count). The Balaban J connectivity index is 1.12. The second-order valence-corrected chi connectivity index (χ2v) is 17.8. The Labute approximate surface area is 287 Å². The van der Waals surface area contributed by atoms with Gasteiger partial charge in [0.25, 0.3) is 0 Å². The molecular formula is C21H28N7O17P3S2. The van der Waals surface area contributed by atoms with Crippen LogP contribution >= 0.6 is 45.1 Å². The van der Waals surface area contributed by atoms with Crippen molar-refractivity contribution in [2.45, 2.75) is 53.2 Å². The zero-order valence-corrected chi connectivity index (χ0v) is 29.1. The number of aliphatic hydroxyl groups is 3. The number of nitrogens with two attached hydrogens (primary N) is 2. The lowest BCUT2D eigenvalue weighted by Gasteiger charge is -2.48. The highest BCUT2D eigenvalue weighted by Crippen LogP contribution is 2.74. The van der Waals surface area contributed by atoms with Gasteiger partial charge in [-0.1, -0.05) is 6.08 Å². The fraction of sp³-hybridized carbons (Fsp3) is 0.524. The molecular weight excluding hydrogens is 779 g/mol. The molecule has 11 N–H and O–H groups in total. The first-order valence-corrected chi connectivity index (χ1v) is 20.5. The maximum absolute atomic E-state index is 12.8. The molecule has 3 saturated heterocycles. The predicted molar refractivity (Wildman–Crippen MR) is 166 cm³/mol. The second kappa shape index (κ2) is 13.4. The number of aliphatic hydroxyl groups excluding tert-OH is 2. The zero-order chi connectivity index (χ0) is 36.4. The predicted octanol–water partition coefficient (Wildman–Crippen LogP) is -1.52. The quantitative estimate of drug-likeness (QED) is 0.0819. The molecule has 6 heterocycles. The SMILES string of the molecule is NC(=O)C1=CN([C@@H]2O[C@H](COP(=O)(O)OP(=O)(O)OC[C@]34O[C@@H](n5cnc6c(N)ncnc65)[C@@H](OP(=O)(O)O)[C@@]3(O)SS4)[C@@H](O)[C@H]2O)C=CC1. The average Bonchev–Trinajstić information content (AvgIpc) is 3.62. The maximum Gasteiger partial charge on any atom is 0.481 e. The second-order valence-electron chi connectivity index (χ2n) is 10.9. The maximum atomic E-state index is 12.8. The number of aromatic nitrogens is 4. The lowest BCUT2D eigenvalue weighted by molar-refractivity contribution is -0.115. The van der Waals surface area contributed by atoms with Crippen molar-refractivity contribution in [3.8, 4) is 0 Å². The number of fused-ring (bicyclic) bond motifs is 2. The molecule has 276 valence electrons. The molecule has 0 bridgehead atoms.